The van der Waals surface area contributed by atoms with Crippen molar-refractivity contribution in [1.29, 1.82) is 0 Å². The fraction of sp³-hybridized carbons (Fsp3) is 0.643. The normalized spacial score (nSPS) is 16.4. The van der Waals surface area contributed by atoms with Crippen molar-refractivity contribution in [3.63, 3.8) is 0 Å². The topological polar surface area (TPSA) is 28.2 Å². The van der Waals surface area contributed by atoms with Gasteiger partial charge in [-0.15, -0.1) is 0 Å². The van der Waals surface area contributed by atoms with Crippen molar-refractivity contribution >= 4 is 17.4 Å². The van der Waals surface area contributed by atoms with Crippen LogP contribution in [0.5, 0.6) is 0 Å². The maximum absolute atomic E-state index is 6.24. The maximum atomic E-state index is 6.24. The number of pyridine rings is 1. The molecule has 18 heavy (non-hydrogen) atoms. The molecular weight excluding hydrogens is 246 g/mol. The second-order valence-electron chi connectivity index (χ2n) is 4.88. The van der Waals surface area contributed by atoms with Crippen LogP contribution in [0.15, 0.2) is 12.1 Å². The van der Waals surface area contributed by atoms with Gasteiger partial charge in [0, 0.05) is 19.6 Å². The minimum absolute atomic E-state index is 0.714. The van der Waals surface area contributed by atoms with E-state index in [9.17, 15) is 0 Å². The van der Waals surface area contributed by atoms with Crippen molar-refractivity contribution in [3.8, 4) is 0 Å². The summed E-state index contributed by atoms with van der Waals surface area (Å²) in [6.45, 7) is 4.14. The number of halogens is 1. The van der Waals surface area contributed by atoms with Gasteiger partial charge in [0.25, 0.3) is 0 Å². The van der Waals surface area contributed by atoms with Gasteiger partial charge in [0.1, 0.15) is 5.82 Å². The summed E-state index contributed by atoms with van der Waals surface area (Å²) in [5.74, 6) is 0.886. The van der Waals surface area contributed by atoms with E-state index in [1.165, 1.54) is 25.7 Å². The molecule has 1 aromatic heterocycles. The Bertz CT molecular complexity index is 389. The van der Waals surface area contributed by atoms with Crippen LogP contribution < -0.4 is 5.32 Å². The van der Waals surface area contributed by atoms with Gasteiger partial charge in [-0.25, -0.2) is 4.98 Å². The lowest BCUT2D eigenvalue weighted by Crippen LogP contribution is -2.32. The molecule has 0 unspecified atom stereocenters. The predicted octanol–water partition coefficient (Wildman–Crippen LogP) is 3.54. The van der Waals surface area contributed by atoms with Crippen LogP contribution in [-0.4, -0.2) is 29.5 Å². The summed E-state index contributed by atoms with van der Waals surface area (Å²) in [7, 11) is 1.88. The molecule has 1 aromatic rings. The van der Waals surface area contributed by atoms with Crippen LogP contribution in [0.4, 0.5) is 5.82 Å². The molecule has 0 bridgehead atoms. The van der Waals surface area contributed by atoms with Gasteiger partial charge in [-0.1, -0.05) is 31.4 Å². The first-order chi connectivity index (χ1) is 8.74. The Balaban J connectivity index is 2.10. The van der Waals surface area contributed by atoms with E-state index >= 15 is 0 Å². The van der Waals surface area contributed by atoms with E-state index in [1.807, 2.05) is 19.2 Å². The van der Waals surface area contributed by atoms with Crippen LogP contribution in [0.3, 0.4) is 0 Å². The monoisotopic (exact) mass is 267 g/mol. The summed E-state index contributed by atoms with van der Waals surface area (Å²) in [4.78, 5) is 7.07. The fourth-order valence-corrected chi connectivity index (χ4v) is 2.86. The molecule has 1 N–H and O–H groups in total. The van der Waals surface area contributed by atoms with Crippen molar-refractivity contribution < 1.29 is 0 Å². The molecular formula is C14H22ClN3. The highest BCUT2D eigenvalue weighted by Crippen LogP contribution is 2.26. The molecule has 2 rings (SSSR count). The van der Waals surface area contributed by atoms with Gasteiger partial charge < -0.3 is 5.32 Å². The molecule has 100 valence electrons. The largest absolute Gasteiger partial charge is 0.373 e. The van der Waals surface area contributed by atoms with Crippen LogP contribution in [0.25, 0.3) is 0 Å². The van der Waals surface area contributed by atoms with E-state index in [1.54, 1.807) is 0 Å². The number of hydrogen-bond acceptors (Lipinski definition) is 3. The van der Waals surface area contributed by atoms with Crippen molar-refractivity contribution in [2.24, 2.45) is 0 Å². The molecule has 0 saturated heterocycles. The number of aromatic nitrogens is 1. The molecule has 1 fully saturated rings. The number of anilines is 1. The molecule has 0 atom stereocenters. The molecule has 0 aliphatic heterocycles. The number of nitrogens with zero attached hydrogens (tertiary/aromatic N) is 2. The Morgan fingerprint density at radius 3 is 2.72 bits per heavy atom. The number of nitrogens with one attached hydrogen (secondary N) is 1. The Hall–Kier alpha value is -0.800. The average Bonchev–Trinajstić information content (AvgIpc) is 2.91. The Morgan fingerprint density at radius 1 is 1.39 bits per heavy atom. The highest BCUT2D eigenvalue weighted by molar-refractivity contribution is 6.31. The van der Waals surface area contributed by atoms with Crippen molar-refractivity contribution in [3.05, 3.63) is 22.8 Å². The molecule has 0 spiro atoms. The SMILES string of the molecule is CCN(Cc1nc(NC)ccc1Cl)C1CCCC1. The summed E-state index contributed by atoms with van der Waals surface area (Å²) >= 11 is 6.24. The molecule has 1 aliphatic rings. The molecule has 0 aromatic carbocycles. The van der Waals surface area contributed by atoms with Gasteiger partial charge in [-0.05, 0) is 31.5 Å². The standard InChI is InChI=1S/C14H22ClN3/c1-3-18(11-6-4-5-7-11)10-13-12(15)8-9-14(16-2)17-13/h8-9,11H,3-7,10H2,1-2H3,(H,16,17). The molecule has 0 amide bonds. The van der Waals surface area contributed by atoms with E-state index in [-0.39, 0.29) is 0 Å². The van der Waals surface area contributed by atoms with Gasteiger partial charge in [0.15, 0.2) is 0 Å². The zero-order valence-corrected chi connectivity index (χ0v) is 12.0. The summed E-state index contributed by atoms with van der Waals surface area (Å²) in [5.41, 5.74) is 0.984. The summed E-state index contributed by atoms with van der Waals surface area (Å²) < 4.78 is 0. The fourth-order valence-electron chi connectivity index (χ4n) is 2.70. The van der Waals surface area contributed by atoms with E-state index in [0.717, 1.165) is 29.6 Å². The molecule has 1 aliphatic carbocycles. The van der Waals surface area contributed by atoms with Crippen LogP contribution in [-0.2, 0) is 6.54 Å². The minimum atomic E-state index is 0.714. The number of rotatable bonds is 5. The quantitative estimate of drug-likeness (QED) is 0.884. The van der Waals surface area contributed by atoms with Crippen LogP contribution in [0, 0.1) is 0 Å². The average molecular weight is 268 g/mol. The van der Waals surface area contributed by atoms with E-state index in [2.05, 4.69) is 22.1 Å². The minimum Gasteiger partial charge on any atom is -0.373 e. The first kappa shape index (κ1) is 13.6. The first-order valence-electron chi connectivity index (χ1n) is 6.81. The molecule has 3 nitrogen and oxygen atoms in total. The second-order valence-corrected chi connectivity index (χ2v) is 5.28. The predicted molar refractivity (Wildman–Crippen MR) is 77.1 cm³/mol. The van der Waals surface area contributed by atoms with Gasteiger partial charge >= 0.3 is 0 Å². The maximum Gasteiger partial charge on any atom is 0.126 e. The van der Waals surface area contributed by atoms with Gasteiger partial charge in [-0.2, -0.15) is 0 Å². The van der Waals surface area contributed by atoms with Gasteiger partial charge in [0.2, 0.25) is 0 Å². The highest BCUT2D eigenvalue weighted by Gasteiger charge is 2.22. The summed E-state index contributed by atoms with van der Waals surface area (Å²) in [6.07, 6.45) is 5.35. The Labute approximate surface area is 115 Å². The third kappa shape index (κ3) is 3.15. The highest BCUT2D eigenvalue weighted by atomic mass is 35.5. The molecule has 1 heterocycles. The second kappa shape index (κ2) is 6.39. The van der Waals surface area contributed by atoms with E-state index < -0.39 is 0 Å². The van der Waals surface area contributed by atoms with Crippen molar-refractivity contribution in [1.82, 2.24) is 9.88 Å². The summed E-state index contributed by atoms with van der Waals surface area (Å²) in [5, 5.41) is 3.84. The van der Waals surface area contributed by atoms with Crippen LogP contribution >= 0.6 is 11.6 Å². The smallest absolute Gasteiger partial charge is 0.126 e. The van der Waals surface area contributed by atoms with E-state index in [4.69, 9.17) is 11.6 Å². The van der Waals surface area contributed by atoms with E-state index in [0.29, 0.717) is 6.04 Å². The first-order valence-corrected chi connectivity index (χ1v) is 7.19. The summed E-state index contributed by atoms with van der Waals surface area (Å²) in [6, 6.07) is 4.56. The number of hydrogen-bond donors (Lipinski definition) is 1. The Kier molecular flexibility index (Phi) is 4.84. The third-order valence-electron chi connectivity index (χ3n) is 3.77. The molecule has 4 heteroatoms. The van der Waals surface area contributed by atoms with Crippen LogP contribution in [0.2, 0.25) is 5.02 Å². The van der Waals surface area contributed by atoms with Crippen LogP contribution in [0.1, 0.15) is 38.3 Å². The lowest BCUT2D eigenvalue weighted by Gasteiger charge is -2.27. The Morgan fingerprint density at radius 2 is 2.11 bits per heavy atom. The lowest BCUT2D eigenvalue weighted by molar-refractivity contribution is 0.198. The van der Waals surface area contributed by atoms with Crippen molar-refractivity contribution in [2.75, 3.05) is 18.9 Å². The van der Waals surface area contributed by atoms with Gasteiger partial charge in [-0.3, -0.25) is 4.90 Å². The lowest BCUT2D eigenvalue weighted by atomic mass is 10.2. The zero-order valence-electron chi connectivity index (χ0n) is 11.2. The molecule has 1 saturated carbocycles. The third-order valence-corrected chi connectivity index (χ3v) is 4.12. The zero-order chi connectivity index (χ0) is 13.0. The van der Waals surface area contributed by atoms with Gasteiger partial charge in [0.05, 0.1) is 10.7 Å². The van der Waals surface area contributed by atoms with Crippen molar-refractivity contribution in [2.45, 2.75) is 45.2 Å². The molecule has 0 radical (unpaired) electrons.